The summed E-state index contributed by atoms with van der Waals surface area (Å²) in [7, 11) is 0. The number of H-pyrrole nitrogens is 2. The predicted octanol–water partition coefficient (Wildman–Crippen LogP) is 1.18. The molecule has 1 saturated heterocycles. The van der Waals surface area contributed by atoms with Crippen molar-refractivity contribution in [1.29, 1.82) is 0 Å². The molecular weight excluding hydrogens is 410 g/mol. The monoisotopic (exact) mass is 435 g/mol. The molecule has 0 spiro atoms. The summed E-state index contributed by atoms with van der Waals surface area (Å²) in [6.45, 7) is 2.16. The van der Waals surface area contributed by atoms with E-state index >= 15 is 0 Å². The van der Waals surface area contributed by atoms with Crippen LogP contribution in [0.25, 0.3) is 10.8 Å². The third kappa shape index (κ3) is 4.94. The van der Waals surface area contributed by atoms with E-state index in [9.17, 15) is 19.2 Å². The molecule has 3 aromatic rings. The van der Waals surface area contributed by atoms with Crippen molar-refractivity contribution >= 4 is 28.3 Å². The maximum atomic E-state index is 12.6. The van der Waals surface area contributed by atoms with Crippen LogP contribution in [0, 0.1) is 5.92 Å². The van der Waals surface area contributed by atoms with Gasteiger partial charge in [-0.15, -0.1) is 0 Å². The Balaban J connectivity index is 1.34. The molecule has 32 heavy (non-hydrogen) atoms. The van der Waals surface area contributed by atoms with Crippen molar-refractivity contribution in [3.05, 3.63) is 74.8 Å². The molecule has 9 nitrogen and oxygen atoms in total. The van der Waals surface area contributed by atoms with E-state index in [4.69, 9.17) is 0 Å². The lowest BCUT2D eigenvalue weighted by Gasteiger charge is -2.32. The van der Waals surface area contributed by atoms with E-state index in [1.165, 1.54) is 11.6 Å². The standard InChI is InChI=1S/C23H25N5O4/c29-19(25-18-10-4-9-17-20(18)23(32)27-26-22(17)31)12-24-21(30)16-8-5-11-28(14-16)13-15-6-2-1-3-7-15/h1-4,6-7,9-10,16H,5,8,11-14H2,(H,24,30)(H,25,29)(H,26,31)(H,27,32). The molecule has 4 rings (SSSR count). The fourth-order valence-electron chi connectivity index (χ4n) is 4.09. The second kappa shape index (κ2) is 9.61. The average Bonchev–Trinajstić information content (AvgIpc) is 2.81. The molecule has 2 aromatic carbocycles. The molecule has 1 aliphatic rings. The SMILES string of the molecule is O=C(CNC(=O)C1CCCN(Cc2ccccc2)C1)Nc1cccc2c(=O)[nH][nH]c(=O)c12. The first-order valence-corrected chi connectivity index (χ1v) is 10.6. The summed E-state index contributed by atoms with van der Waals surface area (Å²) in [6, 6.07) is 14.7. The highest BCUT2D eigenvalue weighted by Crippen LogP contribution is 2.19. The van der Waals surface area contributed by atoms with E-state index in [1.807, 2.05) is 18.2 Å². The van der Waals surface area contributed by atoms with Gasteiger partial charge in [0.1, 0.15) is 0 Å². The van der Waals surface area contributed by atoms with Crippen molar-refractivity contribution in [2.75, 3.05) is 25.0 Å². The summed E-state index contributed by atoms with van der Waals surface area (Å²) in [5, 5.41) is 10.1. The fourth-order valence-corrected chi connectivity index (χ4v) is 4.09. The van der Waals surface area contributed by atoms with Crippen LogP contribution in [0.2, 0.25) is 0 Å². The smallest absolute Gasteiger partial charge is 0.272 e. The van der Waals surface area contributed by atoms with Gasteiger partial charge in [-0.05, 0) is 37.1 Å². The summed E-state index contributed by atoms with van der Waals surface area (Å²) < 4.78 is 0. The molecule has 1 fully saturated rings. The van der Waals surface area contributed by atoms with Gasteiger partial charge in [-0.3, -0.25) is 34.3 Å². The van der Waals surface area contributed by atoms with Gasteiger partial charge in [0.15, 0.2) is 0 Å². The maximum Gasteiger partial charge on any atom is 0.272 e. The van der Waals surface area contributed by atoms with Crippen molar-refractivity contribution in [2.45, 2.75) is 19.4 Å². The number of hydrogen-bond donors (Lipinski definition) is 4. The van der Waals surface area contributed by atoms with Crippen LogP contribution in [0.1, 0.15) is 18.4 Å². The minimum atomic E-state index is -0.514. The topological polar surface area (TPSA) is 127 Å². The summed E-state index contributed by atoms with van der Waals surface area (Å²) in [4.78, 5) is 51.3. The van der Waals surface area contributed by atoms with E-state index in [0.29, 0.717) is 6.54 Å². The summed E-state index contributed by atoms with van der Waals surface area (Å²) >= 11 is 0. The molecule has 1 aromatic heterocycles. The van der Waals surface area contributed by atoms with Crippen molar-refractivity contribution in [3.63, 3.8) is 0 Å². The van der Waals surface area contributed by atoms with Crippen molar-refractivity contribution in [2.24, 2.45) is 5.92 Å². The van der Waals surface area contributed by atoms with Gasteiger partial charge in [0.25, 0.3) is 11.1 Å². The zero-order chi connectivity index (χ0) is 22.5. The molecule has 1 atom stereocenters. The summed E-state index contributed by atoms with van der Waals surface area (Å²) in [5.41, 5.74) is 0.458. The zero-order valence-corrected chi connectivity index (χ0v) is 17.5. The number of carbonyl (C=O) groups excluding carboxylic acids is 2. The first-order valence-electron chi connectivity index (χ1n) is 10.6. The molecular formula is C23H25N5O4. The van der Waals surface area contributed by atoms with Crippen LogP contribution in [0.4, 0.5) is 5.69 Å². The number of anilines is 1. The number of nitrogens with one attached hydrogen (secondary N) is 4. The first-order chi connectivity index (χ1) is 15.5. The molecule has 0 saturated carbocycles. The average molecular weight is 435 g/mol. The van der Waals surface area contributed by atoms with Crippen molar-refractivity contribution < 1.29 is 9.59 Å². The van der Waals surface area contributed by atoms with E-state index < -0.39 is 17.0 Å². The van der Waals surface area contributed by atoms with Gasteiger partial charge in [0.2, 0.25) is 11.8 Å². The number of benzene rings is 2. The lowest BCUT2D eigenvalue weighted by Crippen LogP contribution is -2.44. The quantitative estimate of drug-likeness (QED) is 0.462. The molecule has 1 unspecified atom stereocenters. The maximum absolute atomic E-state index is 12.6. The molecule has 9 heteroatoms. The number of aromatic amines is 2. The van der Waals surface area contributed by atoms with Crippen LogP contribution in [-0.2, 0) is 16.1 Å². The van der Waals surface area contributed by atoms with Crippen LogP contribution in [-0.4, -0.2) is 46.5 Å². The van der Waals surface area contributed by atoms with Gasteiger partial charge >= 0.3 is 0 Å². The van der Waals surface area contributed by atoms with Crippen LogP contribution in [0.15, 0.2) is 58.1 Å². The highest BCUT2D eigenvalue weighted by atomic mass is 16.2. The van der Waals surface area contributed by atoms with Gasteiger partial charge in [0.05, 0.1) is 28.9 Å². The van der Waals surface area contributed by atoms with Gasteiger partial charge in [-0.25, -0.2) is 0 Å². The minimum Gasteiger partial charge on any atom is -0.347 e. The predicted molar refractivity (Wildman–Crippen MR) is 121 cm³/mol. The largest absolute Gasteiger partial charge is 0.347 e. The third-order valence-corrected chi connectivity index (χ3v) is 5.65. The normalized spacial score (nSPS) is 16.6. The lowest BCUT2D eigenvalue weighted by molar-refractivity contribution is -0.128. The fraction of sp³-hybridized carbons (Fsp3) is 0.304. The van der Waals surface area contributed by atoms with E-state index in [0.717, 1.165) is 25.9 Å². The van der Waals surface area contributed by atoms with Crippen LogP contribution >= 0.6 is 0 Å². The molecule has 4 N–H and O–H groups in total. The first kappa shape index (κ1) is 21.5. The van der Waals surface area contributed by atoms with Gasteiger partial charge in [-0.2, -0.15) is 0 Å². The number of aromatic nitrogens is 2. The Morgan fingerprint density at radius 3 is 2.59 bits per heavy atom. The number of rotatable bonds is 6. The van der Waals surface area contributed by atoms with Crippen LogP contribution in [0.3, 0.4) is 0 Å². The number of hydrogen-bond acceptors (Lipinski definition) is 5. The molecule has 166 valence electrons. The lowest BCUT2D eigenvalue weighted by atomic mass is 9.96. The van der Waals surface area contributed by atoms with Crippen LogP contribution < -0.4 is 21.8 Å². The van der Waals surface area contributed by atoms with Gasteiger partial charge < -0.3 is 10.6 Å². The second-order valence-electron chi connectivity index (χ2n) is 7.96. The highest BCUT2D eigenvalue weighted by Gasteiger charge is 2.26. The Labute approximate surface area is 183 Å². The van der Waals surface area contributed by atoms with Crippen molar-refractivity contribution in [1.82, 2.24) is 20.4 Å². The van der Waals surface area contributed by atoms with Crippen molar-refractivity contribution in [3.8, 4) is 0 Å². The highest BCUT2D eigenvalue weighted by molar-refractivity contribution is 6.02. The Hall–Kier alpha value is -3.72. The number of nitrogens with zero attached hydrogens (tertiary/aromatic N) is 1. The number of amides is 2. The van der Waals surface area contributed by atoms with E-state index in [1.54, 1.807) is 12.1 Å². The summed E-state index contributed by atoms with van der Waals surface area (Å²) in [5.74, 6) is -0.813. The second-order valence-corrected chi connectivity index (χ2v) is 7.96. The van der Waals surface area contributed by atoms with Gasteiger partial charge in [0, 0.05) is 13.1 Å². The Morgan fingerprint density at radius 1 is 1.00 bits per heavy atom. The Bertz CT molecular complexity index is 1230. The minimum absolute atomic E-state index is 0.0970. The number of fused-ring (bicyclic) bond motifs is 1. The van der Waals surface area contributed by atoms with E-state index in [2.05, 4.69) is 37.9 Å². The molecule has 2 amide bonds. The zero-order valence-electron chi connectivity index (χ0n) is 17.5. The summed E-state index contributed by atoms with van der Waals surface area (Å²) in [6.07, 6.45) is 1.70. The van der Waals surface area contributed by atoms with Crippen LogP contribution in [0.5, 0.6) is 0 Å². The molecule has 1 aliphatic heterocycles. The number of carbonyl (C=O) groups is 2. The van der Waals surface area contributed by atoms with Gasteiger partial charge in [-0.1, -0.05) is 36.4 Å². The molecule has 0 bridgehead atoms. The third-order valence-electron chi connectivity index (χ3n) is 5.65. The Morgan fingerprint density at radius 2 is 1.78 bits per heavy atom. The number of likely N-dealkylation sites (tertiary alicyclic amines) is 1. The molecule has 0 aliphatic carbocycles. The molecule has 2 heterocycles. The molecule has 0 radical (unpaired) electrons. The Kier molecular flexibility index (Phi) is 6.46. The van der Waals surface area contributed by atoms with E-state index in [-0.39, 0.29) is 34.8 Å². The number of piperidine rings is 1.